The summed E-state index contributed by atoms with van der Waals surface area (Å²) >= 11 is 1.46. The summed E-state index contributed by atoms with van der Waals surface area (Å²) in [5, 5.41) is 20.0. The van der Waals surface area contributed by atoms with Crippen molar-refractivity contribution in [2.45, 2.75) is 6.42 Å². The van der Waals surface area contributed by atoms with Crippen LogP contribution in [-0.4, -0.2) is 31.1 Å². The Kier molecular flexibility index (Phi) is 4.06. The molecular weight excluding hydrogens is 300 g/mol. The summed E-state index contributed by atoms with van der Waals surface area (Å²) in [7, 11) is 0. The number of aromatic amines is 1. The number of pyridine rings is 1. The first kappa shape index (κ1) is 14.2. The largest absolute Gasteiger partial charge is 0.507 e. The lowest BCUT2D eigenvalue weighted by Crippen LogP contribution is -2.00. The van der Waals surface area contributed by atoms with Crippen molar-refractivity contribution in [3.05, 3.63) is 70.2 Å². The molecule has 0 bridgehead atoms. The summed E-state index contributed by atoms with van der Waals surface area (Å²) < 4.78 is 0. The molecule has 2 N–H and O–H groups in total. The highest BCUT2D eigenvalue weighted by Crippen LogP contribution is 2.24. The van der Waals surface area contributed by atoms with Crippen molar-refractivity contribution in [1.82, 2.24) is 20.2 Å². The minimum absolute atomic E-state index is 0.0893. The summed E-state index contributed by atoms with van der Waals surface area (Å²) in [5.41, 5.74) is 2.45. The van der Waals surface area contributed by atoms with Crippen LogP contribution in [0.2, 0.25) is 0 Å². The van der Waals surface area contributed by atoms with Gasteiger partial charge in [-0.15, -0.1) is 0 Å². The van der Waals surface area contributed by atoms with Crippen LogP contribution in [-0.2, 0) is 6.42 Å². The average Bonchev–Trinajstić information content (AvgIpc) is 3.19. The first-order chi connectivity index (χ1) is 10.7. The van der Waals surface area contributed by atoms with Crippen LogP contribution >= 0.6 is 11.3 Å². The number of thiophene rings is 1. The van der Waals surface area contributed by atoms with E-state index in [2.05, 4.69) is 20.2 Å². The van der Waals surface area contributed by atoms with Crippen molar-refractivity contribution >= 4 is 22.9 Å². The number of carbonyl (C=O) groups excluding carboxylic acids is 1. The molecule has 0 atom stereocenters. The highest BCUT2D eigenvalue weighted by atomic mass is 32.1. The van der Waals surface area contributed by atoms with Gasteiger partial charge in [0.05, 0.1) is 0 Å². The maximum Gasteiger partial charge on any atom is 0.226 e. The van der Waals surface area contributed by atoms with E-state index in [9.17, 15) is 9.90 Å². The molecule has 0 aromatic carbocycles. The second-order valence-electron chi connectivity index (χ2n) is 4.54. The topological polar surface area (TPSA) is 91.8 Å². The number of H-pyrrole nitrogens is 1. The van der Waals surface area contributed by atoms with Crippen LogP contribution in [0.4, 0.5) is 0 Å². The lowest BCUT2D eigenvalue weighted by Gasteiger charge is -2.03. The number of carbonyl (C=O) groups is 1. The van der Waals surface area contributed by atoms with Crippen LogP contribution in [0.5, 0.6) is 0 Å². The molecule has 0 unspecified atom stereocenters. The van der Waals surface area contributed by atoms with Gasteiger partial charge in [-0.2, -0.15) is 16.4 Å². The molecule has 0 aliphatic heterocycles. The van der Waals surface area contributed by atoms with Gasteiger partial charge in [0.15, 0.2) is 5.82 Å². The lowest BCUT2D eigenvalue weighted by molar-refractivity contribution is 0.103. The quantitative estimate of drug-likeness (QED) is 0.429. The van der Waals surface area contributed by atoms with Crippen LogP contribution in [0.15, 0.2) is 47.6 Å². The maximum absolute atomic E-state index is 11.9. The molecule has 7 heteroatoms. The molecule has 3 rings (SSSR count). The van der Waals surface area contributed by atoms with Crippen LogP contribution < -0.4 is 0 Å². The third kappa shape index (κ3) is 3.09. The average molecular weight is 312 g/mol. The van der Waals surface area contributed by atoms with Gasteiger partial charge < -0.3 is 5.11 Å². The van der Waals surface area contributed by atoms with Crippen LogP contribution in [0.3, 0.4) is 0 Å². The van der Waals surface area contributed by atoms with Crippen LogP contribution in [0, 0.1) is 0 Å². The van der Waals surface area contributed by atoms with E-state index in [-0.39, 0.29) is 11.6 Å². The number of hydrogen-bond acceptors (Lipinski definition) is 6. The molecule has 6 nitrogen and oxygen atoms in total. The first-order valence-corrected chi connectivity index (χ1v) is 7.44. The number of rotatable bonds is 5. The zero-order valence-corrected chi connectivity index (χ0v) is 12.2. The third-order valence-electron chi connectivity index (χ3n) is 3.03. The number of aliphatic hydroxyl groups is 1. The van der Waals surface area contributed by atoms with E-state index in [1.165, 1.54) is 17.7 Å². The second-order valence-corrected chi connectivity index (χ2v) is 5.28. The fraction of sp³-hybridized carbons (Fsp3) is 0.0667. The smallest absolute Gasteiger partial charge is 0.226 e. The summed E-state index contributed by atoms with van der Waals surface area (Å²) in [6, 6.07) is 5.69. The van der Waals surface area contributed by atoms with Crippen molar-refractivity contribution in [3.63, 3.8) is 0 Å². The number of ketones is 1. The first-order valence-electron chi connectivity index (χ1n) is 6.50. The molecule has 22 heavy (non-hydrogen) atoms. The molecule has 3 heterocycles. The summed E-state index contributed by atoms with van der Waals surface area (Å²) in [6.45, 7) is 0. The predicted molar refractivity (Wildman–Crippen MR) is 82.7 cm³/mol. The molecule has 0 amide bonds. The molecule has 3 aromatic heterocycles. The van der Waals surface area contributed by atoms with Gasteiger partial charge in [0.2, 0.25) is 5.78 Å². The Balaban J connectivity index is 1.83. The molecule has 0 radical (unpaired) electrons. The number of aliphatic hydroxyl groups excluding tert-OH is 1. The summed E-state index contributed by atoms with van der Waals surface area (Å²) in [5.74, 6) is -0.424. The normalized spacial score (nSPS) is 11.5. The van der Waals surface area contributed by atoms with E-state index in [1.807, 2.05) is 23.6 Å². The molecule has 0 saturated carbocycles. The molecule has 0 fully saturated rings. The minimum atomic E-state index is -0.426. The molecule has 3 aromatic rings. The zero-order valence-electron chi connectivity index (χ0n) is 11.4. The van der Waals surface area contributed by atoms with Gasteiger partial charge in [0.1, 0.15) is 12.1 Å². The molecule has 110 valence electrons. The fourth-order valence-electron chi connectivity index (χ4n) is 1.98. The molecule has 0 aliphatic rings. The van der Waals surface area contributed by atoms with Crippen LogP contribution in [0.1, 0.15) is 27.4 Å². The maximum atomic E-state index is 11.9. The van der Waals surface area contributed by atoms with E-state index >= 15 is 0 Å². The minimum Gasteiger partial charge on any atom is -0.507 e. The number of hydrogen-bond donors (Lipinski definition) is 2. The van der Waals surface area contributed by atoms with Gasteiger partial charge in [-0.3, -0.25) is 14.9 Å². The Labute approximate surface area is 130 Å². The van der Waals surface area contributed by atoms with Gasteiger partial charge in [0, 0.05) is 35.3 Å². The van der Waals surface area contributed by atoms with Crippen molar-refractivity contribution < 1.29 is 9.90 Å². The predicted octanol–water partition coefficient (Wildman–Crippen LogP) is 2.63. The van der Waals surface area contributed by atoms with Crippen molar-refractivity contribution in [1.29, 1.82) is 0 Å². The van der Waals surface area contributed by atoms with E-state index in [4.69, 9.17) is 0 Å². The Hall–Kier alpha value is -2.80. The van der Waals surface area contributed by atoms with Crippen molar-refractivity contribution in [3.8, 4) is 0 Å². The monoisotopic (exact) mass is 312 g/mol. The Morgan fingerprint density at radius 3 is 2.95 bits per heavy atom. The van der Waals surface area contributed by atoms with Crippen LogP contribution in [0.25, 0.3) is 5.76 Å². The molecule has 0 spiro atoms. The highest BCUT2D eigenvalue weighted by molar-refractivity contribution is 7.08. The standard InChI is InChI=1S/C15H12N4O2S/c20-13(6-14(21)15-17-9-18-19-15)12-8-22-7-10(12)5-11-3-1-2-4-16-11/h1-4,6-9,20H,5H2,(H,17,18,19). The fourth-order valence-corrected chi connectivity index (χ4v) is 2.83. The molecule has 0 aliphatic carbocycles. The lowest BCUT2D eigenvalue weighted by atomic mass is 10.1. The molecule has 0 saturated heterocycles. The molecular formula is C15H12N4O2S. The van der Waals surface area contributed by atoms with E-state index in [0.717, 1.165) is 17.3 Å². The van der Waals surface area contributed by atoms with Gasteiger partial charge in [-0.25, -0.2) is 4.98 Å². The highest BCUT2D eigenvalue weighted by Gasteiger charge is 2.13. The number of nitrogens with zero attached hydrogens (tertiary/aromatic N) is 3. The SMILES string of the molecule is O=C(C=C(O)c1cscc1Cc1ccccn1)c1ncn[nH]1. The Morgan fingerprint density at radius 1 is 1.32 bits per heavy atom. The summed E-state index contributed by atoms with van der Waals surface area (Å²) in [6.07, 6.45) is 4.71. The van der Waals surface area contributed by atoms with Gasteiger partial charge in [-0.1, -0.05) is 6.07 Å². The third-order valence-corrected chi connectivity index (χ3v) is 3.82. The number of allylic oxidation sites excluding steroid dienone is 1. The number of nitrogens with one attached hydrogen (secondary N) is 1. The van der Waals surface area contributed by atoms with E-state index < -0.39 is 5.78 Å². The number of aromatic nitrogens is 4. The van der Waals surface area contributed by atoms with E-state index in [0.29, 0.717) is 12.0 Å². The van der Waals surface area contributed by atoms with E-state index in [1.54, 1.807) is 11.6 Å². The Bertz CT molecular complexity index is 794. The van der Waals surface area contributed by atoms with Gasteiger partial charge >= 0.3 is 0 Å². The van der Waals surface area contributed by atoms with Gasteiger partial charge in [-0.05, 0) is 23.1 Å². The summed E-state index contributed by atoms with van der Waals surface area (Å²) in [4.78, 5) is 19.9. The van der Waals surface area contributed by atoms with Crippen molar-refractivity contribution in [2.24, 2.45) is 0 Å². The second kappa shape index (κ2) is 6.31. The zero-order chi connectivity index (χ0) is 15.4. The van der Waals surface area contributed by atoms with Crippen molar-refractivity contribution in [2.75, 3.05) is 0 Å². The van der Waals surface area contributed by atoms with Gasteiger partial charge in [0.25, 0.3) is 0 Å². The Morgan fingerprint density at radius 2 is 2.23 bits per heavy atom.